The highest BCUT2D eigenvalue weighted by Crippen LogP contribution is 2.38. The molecule has 2 rings (SSSR count). The van der Waals surface area contributed by atoms with Crippen LogP contribution in [0.5, 0.6) is 5.75 Å². The van der Waals surface area contributed by atoms with Gasteiger partial charge in [0.25, 0.3) is 0 Å². The molecule has 0 amide bonds. The number of hydrogen-bond acceptors (Lipinski definition) is 3. The maximum absolute atomic E-state index is 5.65. The number of benzene rings is 1. The SMILES string of the molecule is COc1cc(C)cc(C)c1C(C1CCNC1)N(C)C. The van der Waals surface area contributed by atoms with Gasteiger partial charge >= 0.3 is 0 Å². The average molecular weight is 262 g/mol. The molecule has 0 bridgehead atoms. The minimum absolute atomic E-state index is 0.422. The molecule has 0 radical (unpaired) electrons. The molecule has 0 aromatic heterocycles. The molecule has 1 aliphatic heterocycles. The van der Waals surface area contributed by atoms with Crippen molar-refractivity contribution in [3.63, 3.8) is 0 Å². The fourth-order valence-electron chi connectivity index (χ4n) is 3.35. The number of aryl methyl sites for hydroxylation is 2. The number of nitrogens with zero attached hydrogens (tertiary/aromatic N) is 1. The van der Waals surface area contributed by atoms with Crippen molar-refractivity contribution in [3.8, 4) is 5.75 Å². The molecular weight excluding hydrogens is 236 g/mol. The van der Waals surface area contributed by atoms with Crippen molar-refractivity contribution in [2.45, 2.75) is 26.3 Å². The number of ether oxygens (including phenoxy) is 1. The smallest absolute Gasteiger partial charge is 0.124 e. The summed E-state index contributed by atoms with van der Waals surface area (Å²) in [5.74, 6) is 1.69. The van der Waals surface area contributed by atoms with Crippen LogP contribution in [0.3, 0.4) is 0 Å². The van der Waals surface area contributed by atoms with Gasteiger partial charge in [0.1, 0.15) is 5.75 Å². The molecule has 3 nitrogen and oxygen atoms in total. The molecule has 1 aromatic rings. The van der Waals surface area contributed by atoms with Crippen LogP contribution in [0, 0.1) is 19.8 Å². The van der Waals surface area contributed by atoms with Gasteiger partial charge in [-0.05, 0) is 70.6 Å². The summed E-state index contributed by atoms with van der Waals surface area (Å²) in [6.45, 7) is 6.55. The molecule has 2 atom stereocenters. The minimum Gasteiger partial charge on any atom is -0.496 e. The van der Waals surface area contributed by atoms with E-state index in [1.807, 2.05) is 0 Å². The lowest BCUT2D eigenvalue weighted by Crippen LogP contribution is -2.30. The highest BCUT2D eigenvalue weighted by Gasteiger charge is 2.31. The maximum atomic E-state index is 5.65. The Bertz CT molecular complexity index is 437. The summed E-state index contributed by atoms with van der Waals surface area (Å²) in [7, 11) is 6.11. The van der Waals surface area contributed by atoms with E-state index >= 15 is 0 Å². The van der Waals surface area contributed by atoms with Crippen LogP contribution in [0.2, 0.25) is 0 Å². The summed E-state index contributed by atoms with van der Waals surface area (Å²) in [6.07, 6.45) is 1.24. The predicted octanol–water partition coefficient (Wildman–Crippen LogP) is 2.52. The van der Waals surface area contributed by atoms with Crippen molar-refractivity contribution >= 4 is 0 Å². The Labute approximate surface area is 116 Å². The lowest BCUT2D eigenvalue weighted by atomic mass is 9.87. The molecule has 1 N–H and O–H groups in total. The maximum Gasteiger partial charge on any atom is 0.124 e. The van der Waals surface area contributed by atoms with E-state index in [2.05, 4.69) is 50.3 Å². The number of nitrogens with one attached hydrogen (secondary N) is 1. The molecular formula is C16H26N2O. The first-order valence-corrected chi connectivity index (χ1v) is 7.07. The molecule has 1 aliphatic rings. The molecule has 1 heterocycles. The van der Waals surface area contributed by atoms with E-state index < -0.39 is 0 Å². The molecule has 19 heavy (non-hydrogen) atoms. The second kappa shape index (κ2) is 5.93. The third-order valence-electron chi connectivity index (χ3n) is 4.11. The highest BCUT2D eigenvalue weighted by atomic mass is 16.5. The van der Waals surface area contributed by atoms with E-state index in [9.17, 15) is 0 Å². The third-order valence-corrected chi connectivity index (χ3v) is 4.11. The number of methoxy groups -OCH3 is 1. The Kier molecular flexibility index (Phi) is 4.48. The van der Waals surface area contributed by atoms with Crippen molar-refractivity contribution in [3.05, 3.63) is 28.8 Å². The van der Waals surface area contributed by atoms with E-state index in [1.165, 1.54) is 23.1 Å². The van der Waals surface area contributed by atoms with Crippen molar-refractivity contribution in [2.75, 3.05) is 34.3 Å². The van der Waals surface area contributed by atoms with E-state index in [0.29, 0.717) is 12.0 Å². The first-order valence-electron chi connectivity index (χ1n) is 7.07. The van der Waals surface area contributed by atoms with Crippen molar-refractivity contribution in [2.24, 2.45) is 5.92 Å². The van der Waals surface area contributed by atoms with Gasteiger partial charge < -0.3 is 15.0 Å². The predicted molar refractivity (Wildman–Crippen MR) is 79.9 cm³/mol. The van der Waals surface area contributed by atoms with Gasteiger partial charge in [-0.2, -0.15) is 0 Å². The van der Waals surface area contributed by atoms with Gasteiger partial charge in [0.05, 0.1) is 7.11 Å². The quantitative estimate of drug-likeness (QED) is 0.902. The first-order chi connectivity index (χ1) is 9.04. The fourth-order valence-corrected chi connectivity index (χ4v) is 3.35. The van der Waals surface area contributed by atoms with Crippen LogP contribution < -0.4 is 10.1 Å². The molecule has 0 spiro atoms. The summed E-state index contributed by atoms with van der Waals surface area (Å²) >= 11 is 0. The van der Waals surface area contributed by atoms with Crippen molar-refractivity contribution in [1.29, 1.82) is 0 Å². The largest absolute Gasteiger partial charge is 0.496 e. The van der Waals surface area contributed by atoms with E-state index in [4.69, 9.17) is 4.74 Å². The van der Waals surface area contributed by atoms with Gasteiger partial charge in [-0.15, -0.1) is 0 Å². The zero-order valence-corrected chi connectivity index (χ0v) is 12.8. The van der Waals surface area contributed by atoms with Gasteiger partial charge in [-0.3, -0.25) is 0 Å². The second-order valence-electron chi connectivity index (χ2n) is 5.86. The first kappa shape index (κ1) is 14.4. The average Bonchev–Trinajstić information content (AvgIpc) is 2.85. The van der Waals surface area contributed by atoms with E-state index in [1.54, 1.807) is 7.11 Å². The molecule has 106 valence electrons. The normalized spacial score (nSPS) is 20.8. The molecule has 2 unspecified atom stereocenters. The number of hydrogen-bond donors (Lipinski definition) is 1. The van der Waals surface area contributed by atoms with Crippen LogP contribution in [-0.4, -0.2) is 39.2 Å². The van der Waals surface area contributed by atoms with Crippen LogP contribution in [0.4, 0.5) is 0 Å². The Morgan fingerprint density at radius 1 is 1.32 bits per heavy atom. The Morgan fingerprint density at radius 2 is 2.05 bits per heavy atom. The third kappa shape index (κ3) is 2.93. The molecule has 1 fully saturated rings. The Hall–Kier alpha value is -1.06. The van der Waals surface area contributed by atoms with Gasteiger partial charge in [-0.1, -0.05) is 6.07 Å². The summed E-state index contributed by atoms with van der Waals surface area (Å²) in [5, 5.41) is 3.48. The van der Waals surface area contributed by atoms with Gasteiger partial charge in [0.15, 0.2) is 0 Å². The molecule has 1 aromatic carbocycles. The van der Waals surface area contributed by atoms with Gasteiger partial charge in [0.2, 0.25) is 0 Å². The molecule has 0 saturated carbocycles. The molecule has 0 aliphatic carbocycles. The van der Waals surface area contributed by atoms with Gasteiger partial charge in [-0.25, -0.2) is 0 Å². The lowest BCUT2D eigenvalue weighted by Gasteiger charge is -2.32. The van der Waals surface area contributed by atoms with Crippen molar-refractivity contribution < 1.29 is 4.74 Å². The molecule has 1 saturated heterocycles. The fraction of sp³-hybridized carbons (Fsp3) is 0.625. The summed E-state index contributed by atoms with van der Waals surface area (Å²) in [5.41, 5.74) is 3.95. The van der Waals surface area contributed by atoms with Crippen LogP contribution in [0.25, 0.3) is 0 Å². The zero-order chi connectivity index (χ0) is 14.0. The zero-order valence-electron chi connectivity index (χ0n) is 12.8. The topological polar surface area (TPSA) is 24.5 Å². The monoisotopic (exact) mass is 262 g/mol. The Balaban J connectivity index is 2.46. The summed E-state index contributed by atoms with van der Waals surface area (Å²) in [6, 6.07) is 4.84. The van der Waals surface area contributed by atoms with Crippen LogP contribution in [-0.2, 0) is 0 Å². The molecule has 3 heteroatoms. The highest BCUT2D eigenvalue weighted by molar-refractivity contribution is 5.45. The Morgan fingerprint density at radius 3 is 2.58 bits per heavy atom. The lowest BCUT2D eigenvalue weighted by molar-refractivity contribution is 0.216. The summed E-state index contributed by atoms with van der Waals surface area (Å²) < 4.78 is 5.65. The number of rotatable bonds is 4. The van der Waals surface area contributed by atoms with E-state index in [-0.39, 0.29) is 0 Å². The minimum atomic E-state index is 0.422. The summed E-state index contributed by atoms with van der Waals surface area (Å²) in [4.78, 5) is 2.33. The van der Waals surface area contributed by atoms with Crippen LogP contribution in [0.1, 0.15) is 29.2 Å². The second-order valence-corrected chi connectivity index (χ2v) is 5.86. The van der Waals surface area contributed by atoms with Gasteiger partial charge in [0, 0.05) is 11.6 Å². The van der Waals surface area contributed by atoms with Crippen LogP contribution in [0.15, 0.2) is 12.1 Å². The standard InChI is InChI=1S/C16H26N2O/c1-11-8-12(2)15(14(9-11)19-5)16(18(3)4)13-6-7-17-10-13/h8-9,13,16-17H,6-7,10H2,1-5H3. The van der Waals surface area contributed by atoms with E-state index in [0.717, 1.165) is 18.8 Å². The van der Waals surface area contributed by atoms with Crippen LogP contribution >= 0.6 is 0 Å². The van der Waals surface area contributed by atoms with Crippen molar-refractivity contribution in [1.82, 2.24) is 10.2 Å².